The largest absolute Gasteiger partial charge is 0.262 e. The molecule has 2 nitrogen and oxygen atoms in total. The molecule has 76 valence electrons. The number of hydrogen-bond acceptors (Lipinski definition) is 2. The molecule has 2 aromatic rings. The third-order valence-corrected chi connectivity index (χ3v) is 2.57. The van der Waals surface area contributed by atoms with Crippen LogP contribution in [0.25, 0.3) is 11.3 Å². The predicted octanol–water partition coefficient (Wildman–Crippen LogP) is 3.20. The first-order valence-corrected chi connectivity index (χ1v) is 5.49. The zero-order chi connectivity index (χ0) is 10.8. The third kappa shape index (κ3) is 2.31. The van der Waals surface area contributed by atoms with E-state index in [4.69, 9.17) is 0 Å². The van der Waals surface area contributed by atoms with Crippen molar-refractivity contribution in [2.45, 2.75) is 6.92 Å². The maximum Gasteiger partial charge on any atom is 0.150 e. The minimum absolute atomic E-state index is 0.299. The van der Waals surface area contributed by atoms with Crippen LogP contribution in [0.1, 0.15) is 5.69 Å². The highest BCUT2D eigenvalue weighted by molar-refractivity contribution is 14.1. The van der Waals surface area contributed by atoms with Crippen LogP contribution in [0.5, 0.6) is 0 Å². The number of hydrogen-bond donors (Lipinski definition) is 0. The van der Waals surface area contributed by atoms with Gasteiger partial charge in [0.15, 0.2) is 5.82 Å². The Bertz CT molecular complexity index is 500. The number of aromatic nitrogens is 2. The summed E-state index contributed by atoms with van der Waals surface area (Å²) in [5.74, 6) is -0.299. The fourth-order valence-electron chi connectivity index (χ4n) is 1.32. The fraction of sp³-hybridized carbons (Fsp3) is 0.0909. The van der Waals surface area contributed by atoms with E-state index in [1.54, 1.807) is 18.5 Å². The van der Waals surface area contributed by atoms with E-state index in [2.05, 4.69) is 9.97 Å². The first-order valence-electron chi connectivity index (χ1n) is 4.41. The van der Waals surface area contributed by atoms with E-state index in [-0.39, 0.29) is 5.82 Å². The van der Waals surface area contributed by atoms with Gasteiger partial charge in [0, 0.05) is 27.2 Å². The highest BCUT2D eigenvalue weighted by atomic mass is 127. The van der Waals surface area contributed by atoms with Crippen molar-refractivity contribution in [3.8, 4) is 11.3 Å². The second kappa shape index (κ2) is 4.22. The summed E-state index contributed by atoms with van der Waals surface area (Å²) in [6, 6.07) is 5.04. The molecular formula is C11H8FIN2. The Labute approximate surface area is 101 Å². The Morgan fingerprint density at radius 1 is 1.27 bits per heavy atom. The van der Waals surface area contributed by atoms with E-state index in [1.165, 1.54) is 6.07 Å². The highest BCUT2D eigenvalue weighted by Gasteiger charge is 2.07. The molecule has 0 amide bonds. The first kappa shape index (κ1) is 10.5. The molecule has 0 atom stereocenters. The molecule has 0 aliphatic heterocycles. The fourth-order valence-corrected chi connectivity index (χ4v) is 1.73. The zero-order valence-corrected chi connectivity index (χ0v) is 10.2. The van der Waals surface area contributed by atoms with Crippen LogP contribution in [-0.2, 0) is 0 Å². The van der Waals surface area contributed by atoms with Crippen LogP contribution in [-0.4, -0.2) is 9.97 Å². The topological polar surface area (TPSA) is 25.8 Å². The Balaban J connectivity index is 2.54. The van der Waals surface area contributed by atoms with Crippen molar-refractivity contribution in [2.75, 3.05) is 0 Å². The summed E-state index contributed by atoms with van der Waals surface area (Å²) in [5.41, 5.74) is 1.99. The third-order valence-electron chi connectivity index (χ3n) is 1.98. The van der Waals surface area contributed by atoms with Crippen molar-refractivity contribution < 1.29 is 4.39 Å². The van der Waals surface area contributed by atoms with Crippen LogP contribution in [0.4, 0.5) is 4.39 Å². The van der Waals surface area contributed by atoms with E-state index in [0.717, 1.165) is 14.8 Å². The number of aryl methyl sites for hydroxylation is 1. The number of rotatable bonds is 1. The summed E-state index contributed by atoms with van der Waals surface area (Å²) >= 11 is 2.03. The zero-order valence-electron chi connectivity index (χ0n) is 8.04. The molecule has 4 heteroatoms. The van der Waals surface area contributed by atoms with Gasteiger partial charge >= 0.3 is 0 Å². The van der Waals surface area contributed by atoms with E-state index in [1.807, 2.05) is 35.6 Å². The van der Waals surface area contributed by atoms with E-state index in [0.29, 0.717) is 5.69 Å². The van der Waals surface area contributed by atoms with Crippen LogP contribution in [0.15, 0.2) is 30.6 Å². The lowest BCUT2D eigenvalue weighted by Crippen LogP contribution is -1.91. The van der Waals surface area contributed by atoms with Gasteiger partial charge in [-0.15, -0.1) is 0 Å². The summed E-state index contributed by atoms with van der Waals surface area (Å²) in [5, 5.41) is 0. The molecule has 0 aromatic carbocycles. The van der Waals surface area contributed by atoms with Crippen LogP contribution in [0, 0.1) is 16.3 Å². The first-order chi connectivity index (χ1) is 7.16. The molecule has 0 unspecified atom stereocenters. The molecule has 0 bridgehead atoms. The Morgan fingerprint density at radius 3 is 2.73 bits per heavy atom. The van der Waals surface area contributed by atoms with Crippen LogP contribution < -0.4 is 0 Å². The van der Waals surface area contributed by atoms with Crippen LogP contribution in [0.2, 0.25) is 0 Å². The quantitative estimate of drug-likeness (QED) is 0.756. The predicted molar refractivity (Wildman–Crippen MR) is 64.9 cm³/mol. The molecule has 0 N–H and O–H groups in total. The van der Waals surface area contributed by atoms with Gasteiger partial charge in [-0.1, -0.05) is 0 Å². The minimum atomic E-state index is -0.299. The maximum atomic E-state index is 13.6. The van der Waals surface area contributed by atoms with Gasteiger partial charge in [-0.05, 0) is 47.7 Å². The molecule has 0 saturated heterocycles. The molecule has 2 aromatic heterocycles. The molecular weight excluding hydrogens is 306 g/mol. The molecule has 0 radical (unpaired) electrons. The van der Waals surface area contributed by atoms with Crippen molar-refractivity contribution in [2.24, 2.45) is 0 Å². The number of halogens is 2. The monoisotopic (exact) mass is 314 g/mol. The standard InChI is InChI=1S/C11H8FIN2/c1-7-4-8(2-3-14-7)11-10(12)5-9(13)6-15-11/h2-6H,1H3. The van der Waals surface area contributed by atoms with Gasteiger partial charge < -0.3 is 0 Å². The van der Waals surface area contributed by atoms with Crippen molar-refractivity contribution >= 4 is 22.6 Å². The molecule has 0 saturated carbocycles. The van der Waals surface area contributed by atoms with Gasteiger partial charge in [-0.25, -0.2) is 4.39 Å². The average molecular weight is 314 g/mol. The Kier molecular flexibility index (Phi) is 2.95. The lowest BCUT2D eigenvalue weighted by molar-refractivity contribution is 0.624. The van der Waals surface area contributed by atoms with E-state index < -0.39 is 0 Å². The summed E-state index contributed by atoms with van der Waals surface area (Å²) in [7, 11) is 0. The molecule has 2 heterocycles. The van der Waals surface area contributed by atoms with Crippen molar-refractivity contribution in [1.29, 1.82) is 0 Å². The van der Waals surface area contributed by atoms with Crippen molar-refractivity contribution in [3.05, 3.63) is 45.7 Å². The summed E-state index contributed by atoms with van der Waals surface area (Å²) in [6.45, 7) is 1.87. The SMILES string of the molecule is Cc1cc(-c2ncc(I)cc2F)ccn1. The van der Waals surface area contributed by atoms with Gasteiger partial charge in [0.1, 0.15) is 5.69 Å². The smallest absolute Gasteiger partial charge is 0.150 e. The molecule has 15 heavy (non-hydrogen) atoms. The lowest BCUT2D eigenvalue weighted by atomic mass is 10.1. The molecule has 2 rings (SSSR count). The maximum absolute atomic E-state index is 13.6. The van der Waals surface area contributed by atoms with Crippen molar-refractivity contribution in [1.82, 2.24) is 9.97 Å². The molecule has 0 spiro atoms. The van der Waals surface area contributed by atoms with Gasteiger partial charge in [0.05, 0.1) is 0 Å². The lowest BCUT2D eigenvalue weighted by Gasteiger charge is -2.03. The van der Waals surface area contributed by atoms with Crippen LogP contribution >= 0.6 is 22.6 Å². The number of nitrogens with zero attached hydrogens (tertiary/aromatic N) is 2. The molecule has 0 fully saturated rings. The number of pyridine rings is 2. The summed E-state index contributed by atoms with van der Waals surface area (Å²) < 4.78 is 14.4. The van der Waals surface area contributed by atoms with Gasteiger partial charge in [0.2, 0.25) is 0 Å². The Morgan fingerprint density at radius 2 is 2.07 bits per heavy atom. The van der Waals surface area contributed by atoms with Gasteiger partial charge in [0.25, 0.3) is 0 Å². The molecule has 0 aliphatic carbocycles. The summed E-state index contributed by atoms with van der Waals surface area (Å²) in [6.07, 6.45) is 3.30. The van der Waals surface area contributed by atoms with E-state index in [9.17, 15) is 4.39 Å². The highest BCUT2D eigenvalue weighted by Crippen LogP contribution is 2.21. The second-order valence-corrected chi connectivity index (χ2v) is 4.42. The second-order valence-electron chi connectivity index (χ2n) is 3.17. The van der Waals surface area contributed by atoms with Crippen molar-refractivity contribution in [3.63, 3.8) is 0 Å². The average Bonchev–Trinajstić information content (AvgIpc) is 2.17. The van der Waals surface area contributed by atoms with E-state index >= 15 is 0 Å². The minimum Gasteiger partial charge on any atom is -0.262 e. The summed E-state index contributed by atoms with van der Waals surface area (Å²) in [4.78, 5) is 8.14. The van der Waals surface area contributed by atoms with Crippen LogP contribution in [0.3, 0.4) is 0 Å². The van der Waals surface area contributed by atoms with Gasteiger partial charge in [-0.3, -0.25) is 9.97 Å². The molecule has 0 aliphatic rings. The normalized spacial score (nSPS) is 10.3. The Hall–Kier alpha value is -1.04. The van der Waals surface area contributed by atoms with Gasteiger partial charge in [-0.2, -0.15) is 0 Å².